The number of hydrogen-bond acceptors (Lipinski definition) is 1. The van der Waals surface area contributed by atoms with Gasteiger partial charge in [0, 0.05) is 18.2 Å². The molecule has 0 aliphatic carbocycles. The number of aryl methyl sites for hydroxylation is 1. The highest BCUT2D eigenvalue weighted by Gasteiger charge is 2.10. The van der Waals surface area contributed by atoms with Crippen LogP contribution in [-0.2, 0) is 6.54 Å². The summed E-state index contributed by atoms with van der Waals surface area (Å²) in [5.74, 6) is -1.02. The van der Waals surface area contributed by atoms with E-state index in [2.05, 4.69) is 11.4 Å². The second kappa shape index (κ2) is 5.93. The third kappa shape index (κ3) is 3.38. The molecule has 0 aromatic heterocycles. The molecule has 0 heterocycles. The van der Waals surface area contributed by atoms with Gasteiger partial charge in [-0.15, -0.1) is 0 Å². The fourth-order valence-electron chi connectivity index (χ4n) is 2.01. The van der Waals surface area contributed by atoms with Crippen LogP contribution in [0.25, 0.3) is 0 Å². The molecule has 1 N–H and O–H groups in total. The van der Waals surface area contributed by atoms with Crippen LogP contribution in [0.15, 0.2) is 42.5 Å². The molecular weight excluding hydrogens is 244 g/mol. The lowest BCUT2D eigenvalue weighted by atomic mass is 10.1. The predicted molar refractivity (Wildman–Crippen MR) is 72.8 cm³/mol. The first kappa shape index (κ1) is 13.7. The van der Waals surface area contributed by atoms with Gasteiger partial charge in [0.15, 0.2) is 0 Å². The summed E-state index contributed by atoms with van der Waals surface area (Å²) in [5, 5.41) is 3.14. The number of rotatable bonds is 4. The fourth-order valence-corrected chi connectivity index (χ4v) is 2.01. The molecule has 2 aromatic rings. The molecule has 1 nitrogen and oxygen atoms in total. The lowest BCUT2D eigenvalue weighted by Gasteiger charge is -2.15. The van der Waals surface area contributed by atoms with Gasteiger partial charge < -0.3 is 5.32 Å². The van der Waals surface area contributed by atoms with E-state index in [9.17, 15) is 8.78 Å². The van der Waals surface area contributed by atoms with Crippen molar-refractivity contribution in [3.05, 3.63) is 70.8 Å². The van der Waals surface area contributed by atoms with Crippen molar-refractivity contribution in [1.82, 2.24) is 5.32 Å². The van der Waals surface area contributed by atoms with Gasteiger partial charge in [-0.05, 0) is 31.5 Å². The summed E-state index contributed by atoms with van der Waals surface area (Å²) in [6, 6.07) is 12.0. The van der Waals surface area contributed by atoms with E-state index in [0.29, 0.717) is 0 Å². The molecule has 2 rings (SSSR count). The maximum absolute atomic E-state index is 13.5. The summed E-state index contributed by atoms with van der Waals surface area (Å²) >= 11 is 0. The summed E-state index contributed by atoms with van der Waals surface area (Å²) in [6.07, 6.45) is 0. The maximum atomic E-state index is 13.5. The molecule has 0 amide bonds. The van der Waals surface area contributed by atoms with Crippen molar-refractivity contribution in [3.63, 3.8) is 0 Å². The monoisotopic (exact) mass is 261 g/mol. The largest absolute Gasteiger partial charge is 0.306 e. The van der Waals surface area contributed by atoms with Crippen molar-refractivity contribution < 1.29 is 8.78 Å². The van der Waals surface area contributed by atoms with Gasteiger partial charge >= 0.3 is 0 Å². The average molecular weight is 261 g/mol. The molecule has 0 fully saturated rings. The highest BCUT2D eigenvalue weighted by Crippen LogP contribution is 2.16. The minimum absolute atomic E-state index is 0.0407. The lowest BCUT2D eigenvalue weighted by molar-refractivity contribution is 0.509. The van der Waals surface area contributed by atoms with Crippen LogP contribution in [0.1, 0.15) is 29.7 Å². The van der Waals surface area contributed by atoms with E-state index in [4.69, 9.17) is 0 Å². The van der Waals surface area contributed by atoms with Crippen LogP contribution in [0.5, 0.6) is 0 Å². The van der Waals surface area contributed by atoms with E-state index in [1.807, 2.05) is 32.0 Å². The zero-order chi connectivity index (χ0) is 13.8. The van der Waals surface area contributed by atoms with E-state index >= 15 is 0 Å². The van der Waals surface area contributed by atoms with E-state index in [-0.39, 0.29) is 18.2 Å². The van der Waals surface area contributed by atoms with Crippen molar-refractivity contribution in [2.45, 2.75) is 26.4 Å². The Hall–Kier alpha value is -1.74. The van der Waals surface area contributed by atoms with Gasteiger partial charge in [-0.2, -0.15) is 0 Å². The molecule has 0 unspecified atom stereocenters. The smallest absolute Gasteiger partial charge is 0.130 e. The van der Waals surface area contributed by atoms with Crippen molar-refractivity contribution in [1.29, 1.82) is 0 Å². The first-order valence-electron chi connectivity index (χ1n) is 6.31. The maximum Gasteiger partial charge on any atom is 0.130 e. The third-order valence-corrected chi connectivity index (χ3v) is 3.19. The molecule has 0 saturated heterocycles. The summed E-state index contributed by atoms with van der Waals surface area (Å²) < 4.78 is 27.0. The van der Waals surface area contributed by atoms with Gasteiger partial charge in [-0.1, -0.05) is 35.9 Å². The number of halogens is 2. The van der Waals surface area contributed by atoms with E-state index in [1.165, 1.54) is 23.8 Å². The standard InChI is InChI=1S/C16H17F2N/c1-11-5-3-6-13(9-11)12(2)19-10-14-15(17)7-4-8-16(14)18/h3-9,12,19H,10H2,1-2H3/t12-/m1/s1. The van der Waals surface area contributed by atoms with Crippen LogP contribution in [0, 0.1) is 18.6 Å². The third-order valence-electron chi connectivity index (χ3n) is 3.19. The van der Waals surface area contributed by atoms with E-state index in [0.717, 1.165) is 5.56 Å². The topological polar surface area (TPSA) is 12.0 Å². The molecule has 19 heavy (non-hydrogen) atoms. The van der Waals surface area contributed by atoms with Crippen LogP contribution >= 0.6 is 0 Å². The van der Waals surface area contributed by atoms with Crippen molar-refractivity contribution in [2.75, 3.05) is 0 Å². The lowest BCUT2D eigenvalue weighted by Crippen LogP contribution is -2.19. The average Bonchev–Trinajstić information content (AvgIpc) is 2.38. The second-order valence-corrected chi connectivity index (χ2v) is 4.72. The fraction of sp³-hybridized carbons (Fsp3) is 0.250. The molecule has 0 radical (unpaired) electrons. The Morgan fingerprint density at radius 1 is 1.05 bits per heavy atom. The van der Waals surface area contributed by atoms with Crippen LogP contribution in [0.2, 0.25) is 0 Å². The molecule has 3 heteroatoms. The minimum atomic E-state index is -0.510. The molecule has 100 valence electrons. The predicted octanol–water partition coefficient (Wildman–Crippen LogP) is 4.12. The van der Waals surface area contributed by atoms with E-state index < -0.39 is 11.6 Å². The zero-order valence-electron chi connectivity index (χ0n) is 11.1. The van der Waals surface area contributed by atoms with Gasteiger partial charge in [0.2, 0.25) is 0 Å². The Bertz CT molecular complexity index is 546. The number of nitrogens with one attached hydrogen (secondary N) is 1. The van der Waals surface area contributed by atoms with Crippen LogP contribution in [-0.4, -0.2) is 0 Å². The Balaban J connectivity index is 2.06. The molecule has 0 saturated carbocycles. The van der Waals surface area contributed by atoms with Crippen LogP contribution in [0.4, 0.5) is 8.78 Å². The zero-order valence-corrected chi connectivity index (χ0v) is 11.1. The first-order chi connectivity index (χ1) is 9.08. The van der Waals surface area contributed by atoms with E-state index in [1.54, 1.807) is 0 Å². The molecule has 0 aliphatic heterocycles. The van der Waals surface area contributed by atoms with Gasteiger partial charge in [0.05, 0.1) is 0 Å². The molecule has 0 bridgehead atoms. The Morgan fingerprint density at radius 2 is 1.68 bits per heavy atom. The summed E-state index contributed by atoms with van der Waals surface area (Å²) in [6.45, 7) is 4.17. The van der Waals surface area contributed by atoms with Crippen molar-refractivity contribution in [2.24, 2.45) is 0 Å². The molecule has 2 aromatic carbocycles. The quantitative estimate of drug-likeness (QED) is 0.872. The van der Waals surface area contributed by atoms with Crippen LogP contribution in [0.3, 0.4) is 0 Å². The highest BCUT2D eigenvalue weighted by atomic mass is 19.1. The van der Waals surface area contributed by atoms with Gasteiger partial charge in [0.25, 0.3) is 0 Å². The Labute approximate surface area is 112 Å². The number of hydrogen-bond donors (Lipinski definition) is 1. The summed E-state index contributed by atoms with van der Waals surface area (Å²) in [7, 11) is 0. The highest BCUT2D eigenvalue weighted by molar-refractivity contribution is 5.25. The molecule has 0 spiro atoms. The normalized spacial score (nSPS) is 12.4. The SMILES string of the molecule is Cc1cccc([C@@H](C)NCc2c(F)cccc2F)c1. The van der Waals surface area contributed by atoms with Gasteiger partial charge in [0.1, 0.15) is 11.6 Å². The molecule has 0 aliphatic rings. The summed E-state index contributed by atoms with van der Waals surface area (Å²) in [4.78, 5) is 0. The molecular formula is C16H17F2N. The minimum Gasteiger partial charge on any atom is -0.306 e. The first-order valence-corrected chi connectivity index (χ1v) is 6.31. The van der Waals surface area contributed by atoms with Gasteiger partial charge in [-0.25, -0.2) is 8.78 Å². The summed E-state index contributed by atoms with van der Waals surface area (Å²) in [5.41, 5.74) is 2.36. The van der Waals surface area contributed by atoms with Crippen molar-refractivity contribution >= 4 is 0 Å². The van der Waals surface area contributed by atoms with Crippen molar-refractivity contribution in [3.8, 4) is 0 Å². The second-order valence-electron chi connectivity index (χ2n) is 4.72. The number of benzene rings is 2. The Kier molecular flexibility index (Phi) is 4.27. The molecule has 1 atom stereocenters. The van der Waals surface area contributed by atoms with Gasteiger partial charge in [-0.3, -0.25) is 0 Å². The van der Waals surface area contributed by atoms with Crippen LogP contribution < -0.4 is 5.32 Å². The Morgan fingerprint density at radius 3 is 2.32 bits per heavy atom.